The van der Waals surface area contributed by atoms with Crippen molar-refractivity contribution in [2.45, 2.75) is 26.0 Å². The van der Waals surface area contributed by atoms with Gasteiger partial charge in [0.25, 0.3) is 0 Å². The van der Waals surface area contributed by atoms with Crippen LogP contribution in [-0.2, 0) is 4.74 Å². The number of pyridine rings is 1. The normalized spacial score (nSPS) is 14.7. The van der Waals surface area contributed by atoms with Crippen molar-refractivity contribution in [3.05, 3.63) is 23.9 Å². The Hall–Kier alpha value is -1.13. The highest BCUT2D eigenvalue weighted by atomic mass is 16.5. The zero-order valence-corrected chi connectivity index (χ0v) is 9.43. The Balaban J connectivity index is 2.56. The Morgan fingerprint density at radius 1 is 1.40 bits per heavy atom. The molecule has 15 heavy (non-hydrogen) atoms. The van der Waals surface area contributed by atoms with E-state index in [4.69, 9.17) is 15.2 Å². The summed E-state index contributed by atoms with van der Waals surface area (Å²) in [7, 11) is 1.65. The lowest BCUT2D eigenvalue weighted by Crippen LogP contribution is -2.18. The molecule has 1 heterocycles. The molecule has 0 aliphatic rings. The summed E-state index contributed by atoms with van der Waals surface area (Å²) in [5.41, 5.74) is 6.71. The van der Waals surface area contributed by atoms with Crippen LogP contribution in [0.4, 0.5) is 0 Å². The molecule has 84 valence electrons. The Morgan fingerprint density at radius 3 is 2.60 bits per heavy atom. The zero-order chi connectivity index (χ0) is 11.3. The van der Waals surface area contributed by atoms with Crippen LogP contribution in [0.25, 0.3) is 0 Å². The lowest BCUT2D eigenvalue weighted by molar-refractivity contribution is 0.0889. The van der Waals surface area contributed by atoms with Gasteiger partial charge < -0.3 is 15.2 Å². The molecule has 4 nitrogen and oxygen atoms in total. The first-order valence-electron chi connectivity index (χ1n) is 5.00. The smallest absolute Gasteiger partial charge is 0.213 e. The van der Waals surface area contributed by atoms with E-state index in [2.05, 4.69) is 4.98 Å². The lowest BCUT2D eigenvalue weighted by atomic mass is 10.2. The maximum Gasteiger partial charge on any atom is 0.213 e. The molecule has 1 unspecified atom stereocenters. The predicted octanol–water partition coefficient (Wildman–Crippen LogP) is 1.52. The fourth-order valence-corrected chi connectivity index (χ4v) is 1.21. The third-order valence-electron chi connectivity index (χ3n) is 2.01. The summed E-state index contributed by atoms with van der Waals surface area (Å²) in [4.78, 5) is 4.16. The van der Waals surface area contributed by atoms with Gasteiger partial charge in [0, 0.05) is 25.4 Å². The second-order valence-electron chi connectivity index (χ2n) is 3.60. The summed E-state index contributed by atoms with van der Waals surface area (Å²) < 4.78 is 10.5. The van der Waals surface area contributed by atoms with Crippen LogP contribution in [0.2, 0.25) is 0 Å². The molecule has 0 aliphatic heterocycles. The van der Waals surface area contributed by atoms with Crippen LogP contribution in [-0.4, -0.2) is 24.8 Å². The van der Waals surface area contributed by atoms with Crippen molar-refractivity contribution in [3.63, 3.8) is 0 Å². The molecule has 1 rings (SSSR count). The summed E-state index contributed by atoms with van der Waals surface area (Å²) in [6, 6.07) is 3.75. The van der Waals surface area contributed by atoms with E-state index in [9.17, 15) is 0 Å². The minimum atomic E-state index is 0.00273. The van der Waals surface area contributed by atoms with E-state index in [1.54, 1.807) is 13.3 Å². The number of methoxy groups -OCH3 is 1. The number of aromatic nitrogens is 1. The van der Waals surface area contributed by atoms with Gasteiger partial charge in [0.2, 0.25) is 5.88 Å². The second-order valence-corrected chi connectivity index (χ2v) is 3.60. The van der Waals surface area contributed by atoms with Crippen LogP contribution in [0.15, 0.2) is 18.3 Å². The van der Waals surface area contributed by atoms with E-state index >= 15 is 0 Å². The second kappa shape index (κ2) is 5.68. The number of rotatable bonds is 5. The summed E-state index contributed by atoms with van der Waals surface area (Å²) in [5.74, 6) is 0.601. The van der Waals surface area contributed by atoms with Gasteiger partial charge in [-0.05, 0) is 19.4 Å². The maximum absolute atomic E-state index is 5.71. The van der Waals surface area contributed by atoms with Gasteiger partial charge in [-0.3, -0.25) is 0 Å². The van der Waals surface area contributed by atoms with Crippen molar-refractivity contribution >= 4 is 0 Å². The number of hydrogen-bond donors (Lipinski definition) is 1. The topological polar surface area (TPSA) is 57.4 Å². The highest BCUT2D eigenvalue weighted by Crippen LogP contribution is 2.13. The fraction of sp³-hybridized carbons (Fsp3) is 0.545. The largest absolute Gasteiger partial charge is 0.472 e. The van der Waals surface area contributed by atoms with Gasteiger partial charge in [-0.25, -0.2) is 4.98 Å². The number of nitrogens with two attached hydrogens (primary N) is 1. The average Bonchev–Trinajstić information content (AvgIpc) is 2.18. The molecule has 2 atom stereocenters. The number of hydrogen-bond acceptors (Lipinski definition) is 4. The third kappa shape index (κ3) is 3.85. The van der Waals surface area contributed by atoms with Crippen molar-refractivity contribution in [3.8, 4) is 5.88 Å². The molecule has 4 heteroatoms. The van der Waals surface area contributed by atoms with Crippen molar-refractivity contribution < 1.29 is 9.47 Å². The molecule has 0 amide bonds. The molecule has 0 spiro atoms. The maximum atomic E-state index is 5.71. The van der Waals surface area contributed by atoms with Crippen LogP contribution >= 0.6 is 0 Å². The van der Waals surface area contributed by atoms with E-state index in [1.807, 2.05) is 26.0 Å². The molecule has 0 aliphatic carbocycles. The van der Waals surface area contributed by atoms with Crippen LogP contribution in [0.1, 0.15) is 25.5 Å². The van der Waals surface area contributed by atoms with Gasteiger partial charge in [0.05, 0.1) is 6.61 Å². The van der Waals surface area contributed by atoms with Gasteiger partial charge in [-0.15, -0.1) is 0 Å². The Bertz CT molecular complexity index is 285. The lowest BCUT2D eigenvalue weighted by Gasteiger charge is -2.13. The standard InChI is InChI=1S/C11H18N2O2/c1-8(7-14-3)15-11-5-4-10(6-13-11)9(2)12/h4-6,8-9H,7,12H2,1-3H3/t8?,9-/m0/s1. The molecule has 2 N–H and O–H groups in total. The first-order chi connectivity index (χ1) is 7.13. The summed E-state index contributed by atoms with van der Waals surface area (Å²) in [5, 5.41) is 0. The van der Waals surface area contributed by atoms with Gasteiger partial charge in [0.1, 0.15) is 6.10 Å². The molecule has 0 aromatic carbocycles. The molecule has 0 saturated heterocycles. The van der Waals surface area contributed by atoms with E-state index in [0.717, 1.165) is 5.56 Å². The third-order valence-corrected chi connectivity index (χ3v) is 2.01. The van der Waals surface area contributed by atoms with Gasteiger partial charge in [-0.2, -0.15) is 0 Å². The molecule has 0 radical (unpaired) electrons. The molecule has 1 aromatic heterocycles. The van der Waals surface area contributed by atoms with Crippen LogP contribution in [0, 0.1) is 0 Å². The van der Waals surface area contributed by atoms with Crippen molar-refractivity contribution in [2.75, 3.05) is 13.7 Å². The van der Waals surface area contributed by atoms with Crippen LogP contribution in [0.3, 0.4) is 0 Å². The van der Waals surface area contributed by atoms with Crippen LogP contribution < -0.4 is 10.5 Å². The fourth-order valence-electron chi connectivity index (χ4n) is 1.21. The van der Waals surface area contributed by atoms with Gasteiger partial charge >= 0.3 is 0 Å². The van der Waals surface area contributed by atoms with Crippen molar-refractivity contribution in [2.24, 2.45) is 5.73 Å². The Labute approximate surface area is 90.4 Å². The Kier molecular flexibility index (Phi) is 4.52. The SMILES string of the molecule is COCC(C)Oc1ccc([C@H](C)N)cn1. The highest BCUT2D eigenvalue weighted by Gasteiger charge is 2.05. The first-order valence-corrected chi connectivity index (χ1v) is 5.00. The zero-order valence-electron chi connectivity index (χ0n) is 9.43. The summed E-state index contributed by atoms with van der Waals surface area (Å²) in [6.07, 6.45) is 1.74. The predicted molar refractivity (Wildman–Crippen MR) is 58.8 cm³/mol. The van der Waals surface area contributed by atoms with Crippen molar-refractivity contribution in [1.82, 2.24) is 4.98 Å². The molecular formula is C11H18N2O2. The quantitative estimate of drug-likeness (QED) is 0.800. The molecule has 0 bridgehead atoms. The van der Waals surface area contributed by atoms with E-state index in [-0.39, 0.29) is 12.1 Å². The summed E-state index contributed by atoms with van der Waals surface area (Å²) >= 11 is 0. The van der Waals surface area contributed by atoms with E-state index < -0.39 is 0 Å². The monoisotopic (exact) mass is 210 g/mol. The average molecular weight is 210 g/mol. The van der Waals surface area contributed by atoms with E-state index in [1.165, 1.54) is 0 Å². The van der Waals surface area contributed by atoms with Crippen LogP contribution in [0.5, 0.6) is 5.88 Å². The minimum absolute atomic E-state index is 0.00273. The van der Waals surface area contributed by atoms with Gasteiger partial charge in [-0.1, -0.05) is 6.07 Å². The first kappa shape index (κ1) is 11.9. The minimum Gasteiger partial charge on any atom is -0.472 e. The summed E-state index contributed by atoms with van der Waals surface area (Å²) in [6.45, 7) is 4.41. The van der Waals surface area contributed by atoms with Gasteiger partial charge in [0.15, 0.2) is 0 Å². The Morgan fingerprint density at radius 2 is 2.13 bits per heavy atom. The molecule has 0 fully saturated rings. The molecule has 1 aromatic rings. The molecular weight excluding hydrogens is 192 g/mol. The highest BCUT2D eigenvalue weighted by molar-refractivity contribution is 5.20. The molecule has 0 saturated carbocycles. The number of nitrogens with zero attached hydrogens (tertiary/aromatic N) is 1. The van der Waals surface area contributed by atoms with Crippen molar-refractivity contribution in [1.29, 1.82) is 0 Å². The van der Waals surface area contributed by atoms with E-state index in [0.29, 0.717) is 12.5 Å². The number of ether oxygens (including phenoxy) is 2.